The molecule has 1 heterocycles. The molecule has 1 rings (SSSR count). The monoisotopic (exact) mass is 266 g/mol. The molecular weight excluding hydrogens is 240 g/mol. The summed E-state index contributed by atoms with van der Waals surface area (Å²) in [4.78, 5) is 10.8. The van der Waals surface area contributed by atoms with Crippen molar-refractivity contribution < 1.29 is 4.79 Å². The third-order valence-corrected chi connectivity index (χ3v) is 1.88. The number of anilines is 1. The SMILES string of the molecule is C/C=C\CC.C=CCC.CNC(=O)c1[nH]ncc1N. The van der Waals surface area contributed by atoms with Gasteiger partial charge < -0.3 is 11.1 Å². The van der Waals surface area contributed by atoms with Gasteiger partial charge in [-0.05, 0) is 19.8 Å². The number of nitrogens with two attached hydrogens (primary N) is 1. The Labute approximate surface area is 116 Å². The van der Waals surface area contributed by atoms with Crippen LogP contribution in [0.1, 0.15) is 44.1 Å². The molecule has 1 aromatic rings. The number of hydrogen-bond acceptors (Lipinski definition) is 3. The second-order valence-electron chi connectivity index (χ2n) is 3.45. The molecule has 0 bridgehead atoms. The van der Waals surface area contributed by atoms with E-state index < -0.39 is 0 Å². The average Bonchev–Trinajstić information content (AvgIpc) is 2.86. The third kappa shape index (κ3) is 10.8. The van der Waals surface area contributed by atoms with Crippen LogP contribution in [0.25, 0.3) is 0 Å². The van der Waals surface area contributed by atoms with Crippen molar-refractivity contribution in [2.75, 3.05) is 12.8 Å². The van der Waals surface area contributed by atoms with Crippen LogP contribution in [0.5, 0.6) is 0 Å². The number of aromatic amines is 1. The molecule has 0 unspecified atom stereocenters. The van der Waals surface area contributed by atoms with Crippen molar-refractivity contribution in [1.29, 1.82) is 0 Å². The average molecular weight is 266 g/mol. The van der Waals surface area contributed by atoms with Crippen LogP contribution in [0.15, 0.2) is 31.0 Å². The molecule has 19 heavy (non-hydrogen) atoms. The van der Waals surface area contributed by atoms with E-state index in [2.05, 4.69) is 48.1 Å². The summed E-state index contributed by atoms with van der Waals surface area (Å²) in [6.07, 6.45) is 9.70. The molecule has 5 nitrogen and oxygen atoms in total. The predicted molar refractivity (Wildman–Crippen MR) is 82.0 cm³/mol. The Morgan fingerprint density at radius 2 is 2.11 bits per heavy atom. The largest absolute Gasteiger partial charge is 0.396 e. The maximum Gasteiger partial charge on any atom is 0.271 e. The highest BCUT2D eigenvalue weighted by Crippen LogP contribution is 2.03. The number of carbonyl (C=O) groups is 1. The van der Waals surface area contributed by atoms with Gasteiger partial charge in [-0.15, -0.1) is 6.58 Å². The van der Waals surface area contributed by atoms with Crippen LogP contribution >= 0.6 is 0 Å². The summed E-state index contributed by atoms with van der Waals surface area (Å²) in [5, 5.41) is 8.47. The topological polar surface area (TPSA) is 83.8 Å². The molecule has 0 spiro atoms. The van der Waals surface area contributed by atoms with E-state index in [0.29, 0.717) is 11.4 Å². The normalized spacial score (nSPS) is 8.84. The van der Waals surface area contributed by atoms with E-state index in [1.165, 1.54) is 13.2 Å². The molecule has 0 saturated heterocycles. The van der Waals surface area contributed by atoms with E-state index in [9.17, 15) is 4.79 Å². The Hall–Kier alpha value is -2.04. The van der Waals surface area contributed by atoms with Crippen LogP contribution in [-0.4, -0.2) is 23.2 Å². The summed E-state index contributed by atoms with van der Waals surface area (Å²) in [5.41, 5.74) is 6.03. The maximum absolute atomic E-state index is 10.8. The van der Waals surface area contributed by atoms with Crippen LogP contribution in [0.3, 0.4) is 0 Å². The highest BCUT2D eigenvalue weighted by atomic mass is 16.1. The molecule has 0 aliphatic rings. The Morgan fingerprint density at radius 3 is 2.32 bits per heavy atom. The fraction of sp³-hybridized carbons (Fsp3) is 0.429. The smallest absolute Gasteiger partial charge is 0.271 e. The lowest BCUT2D eigenvalue weighted by atomic mass is 10.3. The first-order valence-corrected chi connectivity index (χ1v) is 6.31. The van der Waals surface area contributed by atoms with E-state index in [1.807, 2.05) is 13.0 Å². The van der Waals surface area contributed by atoms with Gasteiger partial charge in [0.15, 0.2) is 0 Å². The number of rotatable bonds is 3. The molecule has 1 aromatic heterocycles. The van der Waals surface area contributed by atoms with Crippen LogP contribution < -0.4 is 11.1 Å². The predicted octanol–water partition coefficient (Wildman–Crippen LogP) is 2.91. The molecule has 1 amide bonds. The van der Waals surface area contributed by atoms with Crippen molar-refractivity contribution in [2.24, 2.45) is 0 Å². The quantitative estimate of drug-likeness (QED) is 0.735. The van der Waals surface area contributed by atoms with E-state index >= 15 is 0 Å². The van der Waals surface area contributed by atoms with E-state index in [1.54, 1.807) is 0 Å². The van der Waals surface area contributed by atoms with Gasteiger partial charge in [-0.2, -0.15) is 5.10 Å². The van der Waals surface area contributed by atoms with Crippen LogP contribution in [0, 0.1) is 0 Å². The number of nitrogens with one attached hydrogen (secondary N) is 2. The van der Waals surface area contributed by atoms with Crippen molar-refractivity contribution in [1.82, 2.24) is 15.5 Å². The number of amides is 1. The van der Waals surface area contributed by atoms with Crippen LogP contribution in [0.4, 0.5) is 5.69 Å². The minimum atomic E-state index is -0.255. The lowest BCUT2D eigenvalue weighted by molar-refractivity contribution is 0.0959. The number of carbonyl (C=O) groups excluding carboxylic acids is 1. The zero-order valence-corrected chi connectivity index (χ0v) is 12.4. The molecule has 0 aliphatic carbocycles. The van der Waals surface area contributed by atoms with Gasteiger partial charge in [-0.25, -0.2) is 0 Å². The summed E-state index contributed by atoms with van der Waals surface area (Å²) in [7, 11) is 1.53. The van der Waals surface area contributed by atoms with Crippen LogP contribution in [-0.2, 0) is 0 Å². The number of aromatic nitrogens is 2. The Kier molecular flexibility index (Phi) is 14.2. The Morgan fingerprint density at radius 1 is 1.53 bits per heavy atom. The van der Waals surface area contributed by atoms with Crippen LogP contribution in [0.2, 0.25) is 0 Å². The number of nitrogen functional groups attached to an aromatic ring is 1. The van der Waals surface area contributed by atoms with Gasteiger partial charge in [-0.3, -0.25) is 9.89 Å². The molecular formula is C14H26N4O. The van der Waals surface area contributed by atoms with Crippen molar-refractivity contribution in [3.8, 4) is 0 Å². The minimum Gasteiger partial charge on any atom is -0.396 e. The first-order chi connectivity index (χ1) is 9.08. The Balaban J connectivity index is 0. The number of H-pyrrole nitrogens is 1. The van der Waals surface area contributed by atoms with E-state index in [-0.39, 0.29) is 5.91 Å². The van der Waals surface area contributed by atoms with E-state index in [4.69, 9.17) is 5.73 Å². The van der Waals surface area contributed by atoms with Gasteiger partial charge >= 0.3 is 0 Å². The highest BCUT2D eigenvalue weighted by molar-refractivity contribution is 5.96. The second kappa shape index (κ2) is 14.0. The summed E-state index contributed by atoms with van der Waals surface area (Å²) >= 11 is 0. The number of hydrogen-bond donors (Lipinski definition) is 3. The summed E-state index contributed by atoms with van der Waals surface area (Å²) < 4.78 is 0. The van der Waals surface area contributed by atoms with E-state index in [0.717, 1.165) is 12.8 Å². The molecule has 0 radical (unpaired) electrons. The lowest BCUT2D eigenvalue weighted by Crippen LogP contribution is -2.19. The number of nitrogens with zero attached hydrogens (tertiary/aromatic N) is 1. The van der Waals surface area contributed by atoms with Crippen molar-refractivity contribution in [3.63, 3.8) is 0 Å². The fourth-order valence-electron chi connectivity index (χ4n) is 0.838. The lowest BCUT2D eigenvalue weighted by Gasteiger charge is -1.94. The van der Waals surface area contributed by atoms with Gasteiger partial charge in [0.2, 0.25) is 0 Å². The summed E-state index contributed by atoms with van der Waals surface area (Å²) in [5.74, 6) is -0.255. The van der Waals surface area contributed by atoms with Gasteiger partial charge in [0.05, 0.1) is 11.9 Å². The van der Waals surface area contributed by atoms with Gasteiger partial charge in [-0.1, -0.05) is 32.1 Å². The first kappa shape index (κ1) is 19.3. The standard InChI is InChI=1S/C5H8N4O.C5H10.C4H8/c1-7-5(10)4-3(6)2-8-9-4;1-3-5-4-2;1-3-4-2/h2H,6H2,1H3,(H,7,10)(H,8,9);3,5H,4H2,1-2H3;3H,1,4H2,2H3/b;5-3-;. The highest BCUT2D eigenvalue weighted by Gasteiger charge is 2.07. The summed E-state index contributed by atoms with van der Waals surface area (Å²) in [6, 6.07) is 0. The molecule has 0 atom stereocenters. The zero-order valence-electron chi connectivity index (χ0n) is 12.4. The van der Waals surface area contributed by atoms with Gasteiger partial charge in [0, 0.05) is 7.05 Å². The molecule has 108 valence electrons. The van der Waals surface area contributed by atoms with Crippen molar-refractivity contribution in [2.45, 2.75) is 33.6 Å². The van der Waals surface area contributed by atoms with Gasteiger partial charge in [0.1, 0.15) is 5.69 Å². The molecule has 0 fully saturated rings. The Bertz CT molecular complexity index is 369. The number of allylic oxidation sites excluding steroid dienone is 3. The maximum atomic E-state index is 10.8. The van der Waals surface area contributed by atoms with Crippen molar-refractivity contribution in [3.05, 3.63) is 36.7 Å². The van der Waals surface area contributed by atoms with Gasteiger partial charge in [0.25, 0.3) is 5.91 Å². The minimum absolute atomic E-state index is 0.255. The molecule has 4 N–H and O–H groups in total. The summed E-state index contributed by atoms with van der Waals surface area (Å²) in [6.45, 7) is 9.70. The zero-order chi connectivity index (χ0) is 15.1. The molecule has 0 saturated carbocycles. The molecule has 0 aliphatic heterocycles. The van der Waals surface area contributed by atoms with Crippen molar-refractivity contribution >= 4 is 11.6 Å². The first-order valence-electron chi connectivity index (χ1n) is 6.31. The fourth-order valence-corrected chi connectivity index (χ4v) is 0.838. The third-order valence-electron chi connectivity index (χ3n) is 1.88. The molecule has 5 heteroatoms. The second-order valence-corrected chi connectivity index (χ2v) is 3.45. The molecule has 0 aromatic carbocycles.